The number of rotatable bonds is 3. The first-order valence-corrected chi connectivity index (χ1v) is 8.53. The summed E-state index contributed by atoms with van der Waals surface area (Å²) in [7, 11) is 0. The molecule has 136 valence electrons. The molecule has 1 fully saturated rings. The van der Waals surface area contributed by atoms with E-state index < -0.39 is 12.0 Å². The lowest BCUT2D eigenvalue weighted by atomic mass is 9.94. The molecule has 0 amide bonds. The lowest BCUT2D eigenvalue weighted by Crippen LogP contribution is -2.28. The highest BCUT2D eigenvalue weighted by Gasteiger charge is 2.40. The Bertz CT molecular complexity index is 734. The van der Waals surface area contributed by atoms with E-state index in [1.807, 2.05) is 0 Å². The van der Waals surface area contributed by atoms with Gasteiger partial charge in [0, 0.05) is 25.3 Å². The second kappa shape index (κ2) is 6.40. The molecule has 4 heterocycles. The van der Waals surface area contributed by atoms with Crippen molar-refractivity contribution in [3.8, 4) is 0 Å². The highest BCUT2D eigenvalue weighted by molar-refractivity contribution is 5.08. The smallest absolute Gasteiger partial charge is 0.339 e. The number of alkyl halides is 3. The summed E-state index contributed by atoms with van der Waals surface area (Å²) in [5.74, 6) is 1.01. The average molecular weight is 356 g/mol. The summed E-state index contributed by atoms with van der Waals surface area (Å²) in [5.41, 5.74) is 0. The summed E-state index contributed by atoms with van der Waals surface area (Å²) in [5, 5.41) is 14.4. The molecule has 2 aromatic rings. The molecule has 4 rings (SSSR count). The predicted octanol–water partition coefficient (Wildman–Crippen LogP) is 1.95. The first-order valence-electron chi connectivity index (χ1n) is 8.53. The van der Waals surface area contributed by atoms with Crippen LogP contribution < -0.4 is 5.32 Å². The van der Waals surface area contributed by atoms with Gasteiger partial charge in [0.25, 0.3) is 0 Å². The number of fused-ring (bicyclic) bond motifs is 1. The Morgan fingerprint density at radius 1 is 1.16 bits per heavy atom. The second-order valence-corrected chi connectivity index (χ2v) is 6.73. The maximum Gasteiger partial charge on any atom is 0.451 e. The first-order chi connectivity index (χ1) is 12.0. The maximum absolute atomic E-state index is 12.9. The molecule has 1 N–H and O–H groups in total. The Labute approximate surface area is 142 Å². The fraction of sp³-hybridized carbons (Fsp3) is 0.733. The van der Waals surface area contributed by atoms with Crippen molar-refractivity contribution in [3.05, 3.63) is 23.4 Å². The van der Waals surface area contributed by atoms with Crippen LogP contribution in [0, 0.1) is 5.92 Å². The van der Waals surface area contributed by atoms with Crippen LogP contribution in [0.5, 0.6) is 0 Å². The van der Waals surface area contributed by atoms with Crippen molar-refractivity contribution in [2.24, 2.45) is 5.92 Å². The average Bonchev–Trinajstić information content (AvgIpc) is 3.21. The highest BCUT2D eigenvalue weighted by atomic mass is 19.4. The molecule has 0 aliphatic carbocycles. The number of halogens is 3. The van der Waals surface area contributed by atoms with Gasteiger partial charge in [0.05, 0.1) is 0 Å². The van der Waals surface area contributed by atoms with Crippen molar-refractivity contribution < 1.29 is 17.7 Å². The Morgan fingerprint density at radius 3 is 2.72 bits per heavy atom. The number of piperidine rings is 1. The molecule has 1 unspecified atom stereocenters. The Kier molecular flexibility index (Phi) is 4.22. The third-order valence-corrected chi connectivity index (χ3v) is 4.97. The van der Waals surface area contributed by atoms with Crippen molar-refractivity contribution in [3.63, 3.8) is 0 Å². The van der Waals surface area contributed by atoms with Gasteiger partial charge in [-0.3, -0.25) is 0 Å². The molecular weight excluding hydrogens is 337 g/mol. The summed E-state index contributed by atoms with van der Waals surface area (Å²) < 4.78 is 45.2. The number of hydrogen-bond donors (Lipinski definition) is 1. The van der Waals surface area contributed by atoms with Crippen LogP contribution in [0.1, 0.15) is 48.5 Å². The van der Waals surface area contributed by atoms with E-state index in [4.69, 9.17) is 4.52 Å². The van der Waals surface area contributed by atoms with Gasteiger partial charge in [-0.15, -0.1) is 10.2 Å². The number of hydrogen-bond acceptors (Lipinski definition) is 6. The standard InChI is InChI=1S/C15H19F3N6O/c16-15(17,18)14-22-21-12-8-10(3-6-24(12)14)13-20-11(23-25-13)7-9-1-4-19-5-2-9/h9-10,19H,1-8H2. The highest BCUT2D eigenvalue weighted by Crippen LogP contribution is 2.34. The van der Waals surface area contributed by atoms with E-state index in [0.29, 0.717) is 36.3 Å². The van der Waals surface area contributed by atoms with Crippen molar-refractivity contribution in [2.75, 3.05) is 13.1 Å². The molecule has 0 spiro atoms. The van der Waals surface area contributed by atoms with Gasteiger partial charge in [-0.05, 0) is 38.3 Å². The molecule has 0 radical (unpaired) electrons. The monoisotopic (exact) mass is 356 g/mol. The summed E-state index contributed by atoms with van der Waals surface area (Å²) in [6.07, 6.45) is -0.675. The molecule has 0 aromatic carbocycles. The molecule has 2 aliphatic rings. The van der Waals surface area contributed by atoms with Crippen molar-refractivity contribution in [2.45, 2.75) is 50.7 Å². The Balaban J connectivity index is 1.44. The molecule has 1 saturated heterocycles. The quantitative estimate of drug-likeness (QED) is 0.905. The summed E-state index contributed by atoms with van der Waals surface area (Å²) in [6.45, 7) is 2.22. The SMILES string of the molecule is FC(F)(F)c1nnc2n1CCC(c1nc(CC3CCNCC3)no1)C2. The van der Waals surface area contributed by atoms with Crippen molar-refractivity contribution >= 4 is 0 Å². The van der Waals surface area contributed by atoms with Crippen LogP contribution in [0.25, 0.3) is 0 Å². The van der Waals surface area contributed by atoms with Gasteiger partial charge in [0.1, 0.15) is 5.82 Å². The normalized spacial score (nSPS) is 22.1. The van der Waals surface area contributed by atoms with Crippen LogP contribution in [0.15, 0.2) is 4.52 Å². The van der Waals surface area contributed by atoms with E-state index in [-0.39, 0.29) is 12.5 Å². The second-order valence-electron chi connectivity index (χ2n) is 6.73. The lowest BCUT2D eigenvalue weighted by Gasteiger charge is -2.21. The fourth-order valence-electron chi connectivity index (χ4n) is 3.61. The van der Waals surface area contributed by atoms with E-state index >= 15 is 0 Å². The van der Waals surface area contributed by atoms with Crippen LogP contribution in [0.3, 0.4) is 0 Å². The minimum Gasteiger partial charge on any atom is -0.339 e. The van der Waals surface area contributed by atoms with Gasteiger partial charge in [-0.25, -0.2) is 0 Å². The third kappa shape index (κ3) is 3.39. The predicted molar refractivity (Wildman–Crippen MR) is 79.7 cm³/mol. The zero-order chi connectivity index (χ0) is 17.4. The van der Waals surface area contributed by atoms with Gasteiger partial charge < -0.3 is 14.4 Å². The topological polar surface area (TPSA) is 81.7 Å². The largest absolute Gasteiger partial charge is 0.451 e. The molecule has 1 atom stereocenters. The van der Waals surface area contributed by atoms with Gasteiger partial charge in [0.2, 0.25) is 11.7 Å². The fourth-order valence-corrected chi connectivity index (χ4v) is 3.61. The Hall–Kier alpha value is -1.97. The minimum atomic E-state index is -4.48. The van der Waals surface area contributed by atoms with Gasteiger partial charge >= 0.3 is 6.18 Å². The van der Waals surface area contributed by atoms with Crippen LogP contribution >= 0.6 is 0 Å². The zero-order valence-corrected chi connectivity index (χ0v) is 13.6. The third-order valence-electron chi connectivity index (χ3n) is 4.97. The van der Waals surface area contributed by atoms with Crippen LogP contribution in [0.2, 0.25) is 0 Å². The van der Waals surface area contributed by atoms with E-state index in [0.717, 1.165) is 36.9 Å². The summed E-state index contributed by atoms with van der Waals surface area (Å²) in [6, 6.07) is 0. The minimum absolute atomic E-state index is 0.105. The zero-order valence-electron chi connectivity index (χ0n) is 13.6. The number of nitrogens with one attached hydrogen (secondary N) is 1. The molecule has 7 nitrogen and oxygen atoms in total. The molecule has 10 heteroatoms. The number of nitrogens with zero attached hydrogens (tertiary/aromatic N) is 5. The molecule has 25 heavy (non-hydrogen) atoms. The van der Waals surface area contributed by atoms with Crippen molar-refractivity contribution in [1.82, 2.24) is 30.2 Å². The molecular formula is C15H19F3N6O. The van der Waals surface area contributed by atoms with Crippen LogP contribution in [-0.4, -0.2) is 38.0 Å². The molecule has 2 aliphatic heterocycles. The van der Waals surface area contributed by atoms with E-state index in [9.17, 15) is 13.2 Å². The van der Waals surface area contributed by atoms with Gasteiger partial charge in [0.15, 0.2) is 5.82 Å². The van der Waals surface area contributed by atoms with E-state index in [2.05, 4.69) is 25.7 Å². The summed E-state index contributed by atoms with van der Waals surface area (Å²) >= 11 is 0. The molecule has 0 bridgehead atoms. The summed E-state index contributed by atoms with van der Waals surface area (Å²) in [4.78, 5) is 4.48. The van der Waals surface area contributed by atoms with E-state index in [1.165, 1.54) is 0 Å². The van der Waals surface area contributed by atoms with Crippen LogP contribution in [-0.2, 0) is 25.6 Å². The maximum atomic E-state index is 12.9. The van der Waals surface area contributed by atoms with Crippen LogP contribution in [0.4, 0.5) is 13.2 Å². The van der Waals surface area contributed by atoms with Gasteiger partial charge in [-0.2, -0.15) is 18.2 Å². The van der Waals surface area contributed by atoms with Crippen molar-refractivity contribution in [1.29, 1.82) is 0 Å². The number of aromatic nitrogens is 5. The molecule has 2 aromatic heterocycles. The first kappa shape index (κ1) is 16.5. The van der Waals surface area contributed by atoms with E-state index in [1.54, 1.807) is 0 Å². The lowest BCUT2D eigenvalue weighted by molar-refractivity contribution is -0.147. The van der Waals surface area contributed by atoms with Gasteiger partial charge in [-0.1, -0.05) is 5.16 Å². The Morgan fingerprint density at radius 2 is 1.96 bits per heavy atom. The molecule has 0 saturated carbocycles.